The van der Waals surface area contributed by atoms with Gasteiger partial charge in [-0.1, -0.05) is 95.6 Å². The highest BCUT2D eigenvalue weighted by atomic mass is 32.2. The zero-order chi connectivity index (χ0) is 42.8. The van der Waals surface area contributed by atoms with Gasteiger partial charge in [0.05, 0.1) is 43.5 Å². The van der Waals surface area contributed by atoms with Gasteiger partial charge in [0.1, 0.15) is 24.8 Å². The second-order valence-electron chi connectivity index (χ2n) is 14.6. The quantitative estimate of drug-likeness (QED) is 0.0608. The van der Waals surface area contributed by atoms with Crippen LogP contribution in [-0.4, -0.2) is 112 Å². The van der Waals surface area contributed by atoms with Crippen molar-refractivity contribution >= 4 is 33.5 Å². The molecule has 1 heterocycles. The fraction of sp³-hybridized carbons (Fsp3) is 0.674. The molecular weight excluding hydrogens is 783 g/mol. The van der Waals surface area contributed by atoms with Crippen molar-refractivity contribution in [2.24, 2.45) is 0 Å². The summed E-state index contributed by atoms with van der Waals surface area (Å²) >= 11 is 0. The molecule has 0 bridgehead atoms. The highest BCUT2D eigenvalue weighted by molar-refractivity contribution is 7.90. The summed E-state index contributed by atoms with van der Waals surface area (Å²) in [6.07, 6.45) is 22.5. The van der Waals surface area contributed by atoms with Crippen molar-refractivity contribution < 1.29 is 56.8 Å². The van der Waals surface area contributed by atoms with Gasteiger partial charge in [-0.05, 0) is 43.4 Å². The third-order valence-electron chi connectivity index (χ3n) is 9.43. The monoisotopic (exact) mass is 849 g/mol. The van der Waals surface area contributed by atoms with Gasteiger partial charge in [-0.25, -0.2) is 23.2 Å². The number of Topliss-reactive ketones (excluding diaryl/α,β-unsaturated/α-hetero) is 1. The molecule has 0 fully saturated rings. The number of benzene rings is 1. The Kier molecular flexibility index (Phi) is 28.7. The summed E-state index contributed by atoms with van der Waals surface area (Å²) in [6, 6.07) is 7.01. The van der Waals surface area contributed by atoms with Crippen LogP contribution in [0.3, 0.4) is 0 Å². The number of carboxylic acid groups (broad SMARTS) is 2. The fourth-order valence-corrected chi connectivity index (χ4v) is 7.34. The van der Waals surface area contributed by atoms with Crippen molar-refractivity contribution in [3.63, 3.8) is 0 Å². The molecule has 2 rings (SSSR count). The van der Waals surface area contributed by atoms with Crippen molar-refractivity contribution in [1.29, 1.82) is 0 Å². The zero-order valence-corrected chi connectivity index (χ0v) is 35.6. The van der Waals surface area contributed by atoms with Crippen LogP contribution < -0.4 is 5.32 Å². The maximum absolute atomic E-state index is 13.0. The van der Waals surface area contributed by atoms with E-state index in [9.17, 15) is 27.6 Å². The Morgan fingerprint density at radius 3 is 1.63 bits per heavy atom. The average molecular weight is 850 g/mol. The van der Waals surface area contributed by atoms with E-state index >= 15 is 0 Å². The first-order valence-corrected chi connectivity index (χ1v) is 22.9. The Hall–Kier alpha value is -3.83. The molecule has 1 aromatic heterocycles. The topological polar surface area (TPSA) is 218 Å². The molecule has 0 unspecified atom stereocenters. The molecule has 3 N–H and O–H groups in total. The van der Waals surface area contributed by atoms with E-state index in [4.69, 9.17) is 29.2 Å². The van der Waals surface area contributed by atoms with Crippen LogP contribution in [0, 0.1) is 0 Å². The van der Waals surface area contributed by atoms with E-state index in [0.717, 1.165) is 44.1 Å². The lowest BCUT2D eigenvalue weighted by Crippen LogP contribution is -2.28. The van der Waals surface area contributed by atoms with E-state index in [1.165, 1.54) is 76.6 Å². The van der Waals surface area contributed by atoms with Gasteiger partial charge >= 0.3 is 11.9 Å². The number of carbonyl (C=O) groups is 4. The van der Waals surface area contributed by atoms with Gasteiger partial charge in [-0.15, -0.1) is 0 Å². The highest BCUT2D eigenvalue weighted by Crippen LogP contribution is 2.18. The van der Waals surface area contributed by atoms with Gasteiger partial charge < -0.3 is 34.5 Å². The summed E-state index contributed by atoms with van der Waals surface area (Å²) in [5.41, 5.74) is 1.30. The number of aryl methyl sites for hydroxylation is 1. The lowest BCUT2D eigenvalue weighted by atomic mass is 10.0. The van der Waals surface area contributed by atoms with Gasteiger partial charge in [-0.2, -0.15) is 0 Å². The van der Waals surface area contributed by atoms with E-state index in [0.29, 0.717) is 25.9 Å². The van der Waals surface area contributed by atoms with Crippen LogP contribution in [0.15, 0.2) is 41.6 Å². The second kappa shape index (κ2) is 33.0. The number of carboxylic acids is 2. The first-order valence-electron chi connectivity index (χ1n) is 21.2. The Bertz CT molecular complexity index is 1560. The maximum atomic E-state index is 13.0. The van der Waals surface area contributed by atoms with Gasteiger partial charge in [0.2, 0.25) is 0 Å². The minimum Gasteiger partial charge on any atom is -0.481 e. The number of aromatic nitrogens is 2. The number of carbonyl (C=O) groups excluding carboxylic acids is 2. The molecule has 1 amide bonds. The lowest BCUT2D eigenvalue weighted by molar-refractivity contribution is -0.143. The number of sulfone groups is 1. The number of nitrogens with zero attached hydrogens (tertiary/aromatic N) is 2. The number of unbranched alkanes of at least 4 members (excludes halogenated alkanes) is 14. The van der Waals surface area contributed by atoms with Crippen molar-refractivity contribution in [3.8, 4) is 0 Å². The number of nitrogens with one attached hydrogen (secondary N) is 1. The molecule has 1 aromatic carbocycles. The molecular formula is C43H67N3O12S. The van der Waals surface area contributed by atoms with Crippen LogP contribution in [0.2, 0.25) is 0 Å². The summed E-state index contributed by atoms with van der Waals surface area (Å²) in [5, 5.41) is 19.8. The van der Waals surface area contributed by atoms with Crippen molar-refractivity contribution in [2.45, 2.75) is 133 Å². The van der Waals surface area contributed by atoms with Crippen LogP contribution in [0.1, 0.15) is 137 Å². The molecule has 0 aliphatic rings. The number of aliphatic carboxylic acids is 2. The third-order valence-corrected chi connectivity index (χ3v) is 11.1. The number of hydrogen-bond acceptors (Lipinski definition) is 12. The zero-order valence-electron chi connectivity index (χ0n) is 34.7. The van der Waals surface area contributed by atoms with Gasteiger partial charge in [0.15, 0.2) is 15.6 Å². The van der Waals surface area contributed by atoms with E-state index in [-0.39, 0.29) is 80.6 Å². The summed E-state index contributed by atoms with van der Waals surface area (Å²) in [6.45, 7) is 1.27. The number of amides is 1. The predicted octanol–water partition coefficient (Wildman–Crippen LogP) is 6.55. The van der Waals surface area contributed by atoms with E-state index < -0.39 is 27.7 Å². The largest absolute Gasteiger partial charge is 0.481 e. The Labute approximate surface area is 350 Å². The smallest absolute Gasteiger partial charge is 0.329 e. The third kappa shape index (κ3) is 27.5. The van der Waals surface area contributed by atoms with Crippen LogP contribution in [0.4, 0.5) is 0 Å². The summed E-state index contributed by atoms with van der Waals surface area (Å²) in [7, 11) is -3.67. The molecule has 0 saturated heterocycles. The highest BCUT2D eigenvalue weighted by Gasteiger charge is 2.18. The Balaban J connectivity index is 1.48. The molecule has 15 nitrogen and oxygen atoms in total. The Morgan fingerprint density at radius 2 is 1.07 bits per heavy atom. The summed E-state index contributed by atoms with van der Waals surface area (Å²) in [5.74, 6) is -2.51. The summed E-state index contributed by atoms with van der Waals surface area (Å²) < 4.78 is 46.9. The summed E-state index contributed by atoms with van der Waals surface area (Å²) in [4.78, 5) is 53.6. The fourth-order valence-electron chi connectivity index (χ4n) is 6.13. The Morgan fingerprint density at radius 1 is 0.559 bits per heavy atom. The van der Waals surface area contributed by atoms with E-state index in [1.807, 2.05) is 12.1 Å². The number of hydrogen-bond donors (Lipinski definition) is 3. The lowest BCUT2D eigenvalue weighted by Gasteiger charge is -2.08. The maximum Gasteiger partial charge on any atom is 0.329 e. The van der Waals surface area contributed by atoms with Gasteiger partial charge in [0.25, 0.3) is 5.91 Å². The minimum atomic E-state index is -3.67. The SMILES string of the molecule is O=C(O)CCCCCCCCCCCCCCCCCc1ccc(S(=O)(=O)Cc2ncc(C(=O)NCCOCCOCC(=O)CCCOCCOCC(=O)O)cn2)cc1. The molecule has 2 aromatic rings. The van der Waals surface area contributed by atoms with Crippen molar-refractivity contribution in [2.75, 3.05) is 59.4 Å². The first kappa shape index (κ1) is 51.3. The molecule has 332 valence electrons. The molecule has 0 aliphatic heterocycles. The number of ketones is 1. The van der Waals surface area contributed by atoms with Crippen molar-refractivity contribution in [1.82, 2.24) is 15.3 Å². The average Bonchev–Trinajstić information content (AvgIpc) is 3.21. The van der Waals surface area contributed by atoms with E-state index in [2.05, 4.69) is 15.3 Å². The van der Waals surface area contributed by atoms with Gasteiger partial charge in [-0.3, -0.25) is 14.4 Å². The molecule has 59 heavy (non-hydrogen) atoms. The molecule has 0 spiro atoms. The van der Waals surface area contributed by atoms with Crippen LogP contribution in [0.25, 0.3) is 0 Å². The normalized spacial score (nSPS) is 11.5. The first-order chi connectivity index (χ1) is 28.6. The van der Waals surface area contributed by atoms with Crippen molar-refractivity contribution in [3.05, 3.63) is 53.6 Å². The molecule has 0 aliphatic carbocycles. The van der Waals surface area contributed by atoms with Crippen LogP contribution >= 0.6 is 0 Å². The van der Waals surface area contributed by atoms with Gasteiger partial charge in [0, 0.05) is 38.4 Å². The van der Waals surface area contributed by atoms with E-state index in [1.54, 1.807) is 12.1 Å². The molecule has 0 saturated carbocycles. The van der Waals surface area contributed by atoms with Crippen LogP contribution in [0.5, 0.6) is 0 Å². The minimum absolute atomic E-state index is 0.0434. The van der Waals surface area contributed by atoms with Crippen LogP contribution in [-0.2, 0) is 55.3 Å². The molecule has 0 radical (unpaired) electrons. The number of rotatable bonds is 39. The predicted molar refractivity (Wildman–Crippen MR) is 222 cm³/mol. The second-order valence-corrected chi connectivity index (χ2v) is 16.6. The standard InChI is InChI=1S/C43H67N3O12S/c47-38(18-16-25-55-27-30-58-34-42(50)51)33-57-29-28-56-26-24-44-43(52)37-31-45-40(46-32-37)35-59(53,54)39-22-20-36(21-23-39)17-14-12-10-8-6-4-2-1-3-5-7-9-11-13-15-19-41(48)49/h20-23,31-32H,1-19,24-30,33-35H2,(H,44,52)(H,48,49)(H,50,51). The molecule has 0 atom stereocenters. The number of ether oxygens (including phenoxy) is 4. The molecule has 16 heteroatoms.